The maximum atomic E-state index is 6.13. The molecule has 0 aliphatic carbocycles. The van der Waals surface area contributed by atoms with Gasteiger partial charge in [-0.05, 0) is 68.1 Å². The number of nitrogens with zero attached hydrogens (tertiary/aromatic N) is 3. The maximum Gasteiger partial charge on any atom is 0.169 e. The Balaban J connectivity index is 1.48. The number of rotatable bonds is 7. The number of thiocarbonyl (C=S) groups is 1. The van der Waals surface area contributed by atoms with Crippen LogP contribution in [0.25, 0.3) is 16.8 Å². The summed E-state index contributed by atoms with van der Waals surface area (Å²) in [7, 11) is 1.67. The first-order chi connectivity index (χ1) is 18.6. The number of anilines is 1. The van der Waals surface area contributed by atoms with E-state index in [1.54, 1.807) is 7.11 Å². The molecular weight excluding hydrogens is 492 g/mol. The molecule has 38 heavy (non-hydrogen) atoms. The molecule has 0 unspecified atom stereocenters. The first-order valence-corrected chi connectivity index (χ1v) is 13.4. The van der Waals surface area contributed by atoms with E-state index in [-0.39, 0.29) is 0 Å². The highest BCUT2D eigenvalue weighted by Gasteiger charge is 2.29. The first-order valence-electron chi connectivity index (χ1n) is 13.0. The third-order valence-electron chi connectivity index (χ3n) is 7.08. The van der Waals surface area contributed by atoms with Crippen LogP contribution in [0.3, 0.4) is 0 Å². The highest BCUT2D eigenvalue weighted by atomic mass is 32.1. The second-order valence-corrected chi connectivity index (χ2v) is 10.0. The van der Waals surface area contributed by atoms with Crippen LogP contribution in [0.2, 0.25) is 0 Å². The summed E-state index contributed by atoms with van der Waals surface area (Å²) < 4.78 is 15.8. The number of hydrogen-bond acceptors (Lipinski definition) is 4. The number of aromatic nitrogens is 3. The molecule has 0 amide bonds. The van der Waals surface area contributed by atoms with E-state index in [0.29, 0.717) is 11.6 Å². The Hall–Kier alpha value is -4.10. The van der Waals surface area contributed by atoms with Crippen LogP contribution in [0, 0.1) is 6.92 Å². The number of benzene rings is 3. The van der Waals surface area contributed by atoms with Gasteiger partial charge in [0.1, 0.15) is 34.4 Å². The number of ether oxygens (including phenoxy) is 2. The Bertz CT molecular complexity index is 1590. The maximum absolute atomic E-state index is 6.13. The smallest absolute Gasteiger partial charge is 0.169 e. The van der Waals surface area contributed by atoms with Gasteiger partial charge in [-0.25, -0.2) is 4.52 Å². The lowest BCUT2D eigenvalue weighted by molar-refractivity contribution is 0.288. The number of para-hydroxylation sites is 1. The zero-order chi connectivity index (χ0) is 26.1. The molecule has 1 N–H and O–H groups in total. The average molecular weight is 523 g/mol. The third kappa shape index (κ3) is 4.54. The van der Waals surface area contributed by atoms with Crippen molar-refractivity contribution in [2.45, 2.75) is 39.3 Å². The second kappa shape index (κ2) is 10.3. The van der Waals surface area contributed by atoms with Crippen LogP contribution in [0.4, 0.5) is 5.69 Å². The van der Waals surface area contributed by atoms with Crippen molar-refractivity contribution < 1.29 is 9.47 Å². The minimum atomic E-state index is 0.392. The summed E-state index contributed by atoms with van der Waals surface area (Å²) in [6.45, 7) is 3.41. The topological polar surface area (TPSA) is 52.7 Å². The highest BCUT2D eigenvalue weighted by molar-refractivity contribution is 7.81. The molecular formula is C31H30N4O2S. The van der Waals surface area contributed by atoms with Gasteiger partial charge in [0.15, 0.2) is 5.82 Å². The molecule has 1 aliphatic rings. The second-order valence-electron chi connectivity index (χ2n) is 9.61. The van der Waals surface area contributed by atoms with Gasteiger partial charge in [-0.3, -0.25) is 0 Å². The van der Waals surface area contributed by atoms with Crippen molar-refractivity contribution in [2.24, 2.45) is 0 Å². The summed E-state index contributed by atoms with van der Waals surface area (Å²) >= 11 is 6.07. The lowest BCUT2D eigenvalue weighted by atomic mass is 9.97. The van der Waals surface area contributed by atoms with Crippen LogP contribution in [-0.4, -0.2) is 26.3 Å². The number of aryl methyl sites for hydroxylation is 3. The monoisotopic (exact) mass is 522 g/mol. The molecule has 3 aromatic carbocycles. The quantitative estimate of drug-likeness (QED) is 0.238. The van der Waals surface area contributed by atoms with E-state index in [1.165, 1.54) is 11.1 Å². The van der Waals surface area contributed by atoms with E-state index < -0.39 is 0 Å². The molecule has 192 valence electrons. The Labute approximate surface area is 227 Å². The van der Waals surface area contributed by atoms with Crippen LogP contribution >= 0.6 is 12.2 Å². The van der Waals surface area contributed by atoms with Gasteiger partial charge in [-0.15, -0.1) is 5.10 Å². The lowest BCUT2D eigenvalue weighted by Crippen LogP contribution is -2.15. The van der Waals surface area contributed by atoms with E-state index in [2.05, 4.69) is 41.1 Å². The van der Waals surface area contributed by atoms with Gasteiger partial charge >= 0.3 is 0 Å². The predicted octanol–water partition coefficient (Wildman–Crippen LogP) is 6.82. The van der Waals surface area contributed by atoms with Crippen LogP contribution in [-0.2, 0) is 19.6 Å². The summed E-state index contributed by atoms with van der Waals surface area (Å²) in [4.78, 5) is 0.632. The van der Waals surface area contributed by atoms with E-state index in [1.807, 2.05) is 59.1 Å². The van der Waals surface area contributed by atoms with Crippen molar-refractivity contribution in [2.75, 3.05) is 12.4 Å². The SMILES string of the molecule is COc1ccc(NC(=S)c2c(-c3ccc(C)cc3)c3c4n(c(COc5ccccc5)nn24)CCCC3)cc1. The van der Waals surface area contributed by atoms with Crippen LogP contribution in [0.1, 0.15) is 35.5 Å². The number of hydrogen-bond donors (Lipinski definition) is 1. The minimum Gasteiger partial charge on any atom is -0.497 e. The van der Waals surface area contributed by atoms with Crippen molar-refractivity contribution in [3.8, 4) is 22.6 Å². The third-order valence-corrected chi connectivity index (χ3v) is 7.37. The molecule has 2 aromatic heterocycles. The molecule has 0 fully saturated rings. The summed E-state index contributed by atoms with van der Waals surface area (Å²) in [5, 5.41) is 8.56. The molecule has 0 radical (unpaired) electrons. The molecule has 1 aliphatic heterocycles. The summed E-state index contributed by atoms with van der Waals surface area (Å²) in [6.07, 6.45) is 3.18. The Morgan fingerprint density at radius 1 is 0.947 bits per heavy atom. The summed E-state index contributed by atoms with van der Waals surface area (Å²) in [5.74, 6) is 2.54. The summed E-state index contributed by atoms with van der Waals surface area (Å²) in [5.41, 5.74) is 7.75. The van der Waals surface area contributed by atoms with Crippen molar-refractivity contribution in [1.29, 1.82) is 0 Å². The molecule has 0 atom stereocenters. The van der Waals surface area contributed by atoms with Gasteiger partial charge in [-0.2, -0.15) is 0 Å². The normalized spacial score (nSPS) is 12.8. The summed E-state index contributed by atoms with van der Waals surface area (Å²) in [6, 6.07) is 26.4. The van der Waals surface area contributed by atoms with Crippen molar-refractivity contribution in [3.63, 3.8) is 0 Å². The number of methoxy groups -OCH3 is 1. The molecule has 0 bridgehead atoms. The minimum absolute atomic E-state index is 0.392. The fourth-order valence-electron chi connectivity index (χ4n) is 5.18. The molecule has 6 rings (SSSR count). The first kappa shape index (κ1) is 24.2. The van der Waals surface area contributed by atoms with Crippen LogP contribution in [0.15, 0.2) is 78.9 Å². The average Bonchev–Trinajstić information content (AvgIpc) is 3.35. The van der Waals surface area contributed by atoms with Crippen molar-refractivity contribution >= 4 is 28.5 Å². The molecule has 3 heterocycles. The fraction of sp³-hybridized carbons (Fsp3) is 0.226. The number of nitrogens with one attached hydrogen (secondary N) is 1. The van der Waals surface area contributed by atoms with Gasteiger partial charge < -0.3 is 19.4 Å². The Morgan fingerprint density at radius 2 is 1.71 bits per heavy atom. The van der Waals surface area contributed by atoms with Crippen molar-refractivity contribution in [1.82, 2.24) is 14.2 Å². The van der Waals surface area contributed by atoms with Gasteiger partial charge in [0.05, 0.1) is 7.11 Å². The van der Waals surface area contributed by atoms with Crippen molar-refractivity contribution in [3.05, 3.63) is 102 Å². The Kier molecular flexibility index (Phi) is 6.60. The molecule has 6 nitrogen and oxygen atoms in total. The highest BCUT2D eigenvalue weighted by Crippen LogP contribution is 2.37. The van der Waals surface area contributed by atoms with Crippen LogP contribution < -0.4 is 14.8 Å². The zero-order valence-electron chi connectivity index (χ0n) is 21.6. The molecule has 0 spiro atoms. The van der Waals surface area contributed by atoms with Gasteiger partial charge in [-0.1, -0.05) is 60.2 Å². The van der Waals surface area contributed by atoms with Gasteiger partial charge in [0.25, 0.3) is 0 Å². The zero-order valence-corrected chi connectivity index (χ0v) is 22.4. The van der Waals surface area contributed by atoms with E-state index >= 15 is 0 Å². The van der Waals surface area contributed by atoms with E-state index in [9.17, 15) is 0 Å². The predicted molar refractivity (Wildman–Crippen MR) is 155 cm³/mol. The van der Waals surface area contributed by atoms with Crippen LogP contribution in [0.5, 0.6) is 11.5 Å². The lowest BCUT2D eigenvalue weighted by Gasteiger charge is -2.12. The van der Waals surface area contributed by atoms with Gasteiger partial charge in [0.2, 0.25) is 0 Å². The molecule has 0 saturated heterocycles. The molecule has 7 heteroatoms. The van der Waals surface area contributed by atoms with E-state index in [4.69, 9.17) is 26.8 Å². The Morgan fingerprint density at radius 3 is 2.45 bits per heavy atom. The fourth-order valence-corrected chi connectivity index (χ4v) is 5.49. The van der Waals surface area contributed by atoms with E-state index in [0.717, 1.165) is 71.3 Å². The largest absolute Gasteiger partial charge is 0.497 e. The standard InChI is InChI=1S/C31H30N4O2S/c1-21-11-13-22(14-12-21)28-26-10-6-7-19-34-27(20-37-25-8-4-3-5-9-25)33-35(31(26)34)29(28)30(38)32-23-15-17-24(36-2)18-16-23/h3-5,8-9,11-18H,6-7,10,19-20H2,1-2H3,(H,32,38). The molecule has 5 aromatic rings. The van der Waals surface area contributed by atoms with Gasteiger partial charge in [0, 0.05) is 23.4 Å². The molecule has 0 saturated carbocycles.